The molecular weight excluding hydrogens is 652 g/mol. The Labute approximate surface area is 284 Å². The van der Waals surface area contributed by atoms with Crippen molar-refractivity contribution >= 4 is 45.8 Å². The molecule has 0 radical (unpaired) electrons. The summed E-state index contributed by atoms with van der Waals surface area (Å²) in [6.45, 7) is 5.73. The van der Waals surface area contributed by atoms with Gasteiger partial charge in [-0.3, -0.25) is 0 Å². The van der Waals surface area contributed by atoms with Gasteiger partial charge in [0, 0.05) is 11.9 Å². The lowest BCUT2D eigenvalue weighted by atomic mass is 10.1. The normalized spacial score (nSPS) is 11.1. The second kappa shape index (κ2) is 16.4. The van der Waals surface area contributed by atoms with E-state index in [0.717, 1.165) is 6.07 Å². The van der Waals surface area contributed by atoms with Crippen molar-refractivity contribution < 1.29 is 17.9 Å². The molecule has 0 unspecified atom stereocenters. The summed E-state index contributed by atoms with van der Waals surface area (Å²) >= 11 is 4.64. The molecule has 2 aromatic heterocycles. The summed E-state index contributed by atoms with van der Waals surface area (Å²) in [5.41, 5.74) is 0.482. The number of fused-ring (bicyclic) bond motifs is 1. The fourth-order valence-corrected chi connectivity index (χ4v) is 9.64. The molecule has 0 fully saturated rings. The van der Waals surface area contributed by atoms with Crippen LogP contribution in [0.2, 0.25) is 0 Å². The average molecular weight is 688 g/mol. The lowest BCUT2D eigenvalue weighted by Crippen LogP contribution is -2.32. The molecule has 246 valence electrons. The number of nitriles is 1. The van der Waals surface area contributed by atoms with Crippen molar-refractivity contribution in [3.63, 3.8) is 0 Å². The molecule has 4 aromatic carbocycles. The molecule has 6 rings (SSSR count). The Balaban J connectivity index is 0.00000125. The number of halogens is 4. The third-order valence-electron chi connectivity index (χ3n) is 7.48. The SMILES string of the molecule is CC.CCOc1ccc(-c2cc3[nH]c(C[P+](c4ccccc4)(c4ccccc4)c4ccccc4)nc3c(C#N)n2)cc1C(F)(F)F.CCl. The van der Waals surface area contributed by atoms with Crippen LogP contribution in [0.3, 0.4) is 0 Å². The first kappa shape index (κ1) is 36.1. The van der Waals surface area contributed by atoms with Gasteiger partial charge in [-0.1, -0.05) is 68.4 Å². The van der Waals surface area contributed by atoms with Crippen molar-refractivity contribution in [1.29, 1.82) is 5.26 Å². The van der Waals surface area contributed by atoms with E-state index in [-0.39, 0.29) is 29.3 Å². The highest BCUT2D eigenvalue weighted by Crippen LogP contribution is 2.57. The van der Waals surface area contributed by atoms with Gasteiger partial charge in [-0.15, -0.1) is 11.6 Å². The quantitative estimate of drug-likeness (QED) is 0.128. The van der Waals surface area contributed by atoms with Crippen LogP contribution in [-0.2, 0) is 12.3 Å². The van der Waals surface area contributed by atoms with Gasteiger partial charge in [-0.05, 0) is 67.6 Å². The molecule has 10 heteroatoms. The number of aromatic amines is 1. The van der Waals surface area contributed by atoms with Crippen LogP contribution in [0, 0.1) is 11.3 Å². The van der Waals surface area contributed by atoms with Crippen molar-refractivity contribution in [2.45, 2.75) is 33.1 Å². The first-order chi connectivity index (χ1) is 23.3. The maximum Gasteiger partial charge on any atom is 0.419 e. The number of imidazole rings is 1. The summed E-state index contributed by atoms with van der Waals surface area (Å²) in [7, 11) is -2.30. The Morgan fingerprint density at radius 2 is 1.31 bits per heavy atom. The zero-order valence-corrected chi connectivity index (χ0v) is 28.7. The van der Waals surface area contributed by atoms with Crippen LogP contribution < -0.4 is 20.7 Å². The largest absolute Gasteiger partial charge is 0.493 e. The van der Waals surface area contributed by atoms with E-state index in [1.54, 1.807) is 13.0 Å². The standard InChI is InChI=1S/C35H27F3N4OP.C2H6.CH3Cl/c1-2-43-32-19-18-24(20-28(32)35(36,37)38)29-21-30-34(31(22-39)40-29)42-33(41-30)23-44(25-12-6-3-7-13-25,26-14-8-4-9-15-26)27-16-10-5-11-17-27;2*1-2/h3-21H,2,23H2,1H3,(H,41,42);1-2H3;1H3/q+1;;. The van der Waals surface area contributed by atoms with E-state index in [2.05, 4.69) is 64.0 Å². The maximum atomic E-state index is 13.9. The third-order valence-corrected chi connectivity index (χ3v) is 11.8. The van der Waals surface area contributed by atoms with Gasteiger partial charge in [0.25, 0.3) is 0 Å². The van der Waals surface area contributed by atoms with Gasteiger partial charge < -0.3 is 9.72 Å². The first-order valence-electron chi connectivity index (χ1n) is 15.4. The van der Waals surface area contributed by atoms with Gasteiger partial charge in [0.2, 0.25) is 0 Å². The van der Waals surface area contributed by atoms with E-state index in [0.29, 0.717) is 23.0 Å². The van der Waals surface area contributed by atoms with Crippen molar-refractivity contribution in [2.75, 3.05) is 13.0 Å². The topological polar surface area (TPSA) is 74.6 Å². The summed E-state index contributed by atoms with van der Waals surface area (Å²) in [6.07, 6.45) is -2.62. The van der Waals surface area contributed by atoms with Crippen LogP contribution in [0.5, 0.6) is 5.75 Å². The molecule has 0 atom stereocenters. The van der Waals surface area contributed by atoms with Gasteiger partial charge in [-0.2, -0.15) is 18.4 Å². The molecule has 0 aliphatic carbocycles. The molecule has 48 heavy (non-hydrogen) atoms. The van der Waals surface area contributed by atoms with Crippen molar-refractivity contribution in [3.8, 4) is 23.1 Å². The molecule has 0 bridgehead atoms. The number of aromatic nitrogens is 3. The maximum absolute atomic E-state index is 13.9. The summed E-state index contributed by atoms with van der Waals surface area (Å²) in [4.78, 5) is 12.7. The number of ether oxygens (including phenoxy) is 1. The number of H-pyrrole nitrogens is 1. The number of rotatable bonds is 8. The fraction of sp³-hybridized carbons (Fsp3) is 0.184. The molecule has 5 nitrogen and oxygen atoms in total. The van der Waals surface area contributed by atoms with Gasteiger partial charge in [0.1, 0.15) is 52.5 Å². The van der Waals surface area contributed by atoms with Crippen LogP contribution in [0.1, 0.15) is 37.9 Å². The number of hydrogen-bond acceptors (Lipinski definition) is 4. The molecule has 0 aliphatic rings. The minimum atomic E-state index is -4.62. The molecule has 0 amide bonds. The Hall–Kier alpha value is -4.70. The predicted molar refractivity (Wildman–Crippen MR) is 192 cm³/mol. The van der Waals surface area contributed by atoms with E-state index in [4.69, 9.17) is 9.72 Å². The van der Waals surface area contributed by atoms with Crippen molar-refractivity contribution in [2.24, 2.45) is 0 Å². The number of benzene rings is 4. The number of alkyl halides is 4. The fourth-order valence-electron chi connectivity index (χ4n) is 5.55. The number of hydrogen-bond donors (Lipinski definition) is 1. The molecule has 2 heterocycles. The zero-order valence-electron chi connectivity index (χ0n) is 27.1. The number of nitrogens with zero attached hydrogens (tertiary/aromatic N) is 3. The van der Waals surface area contributed by atoms with Crippen LogP contribution in [0.25, 0.3) is 22.3 Å². The van der Waals surface area contributed by atoms with Crippen molar-refractivity contribution in [1.82, 2.24) is 15.0 Å². The third kappa shape index (κ3) is 7.54. The van der Waals surface area contributed by atoms with Gasteiger partial charge >= 0.3 is 6.18 Å². The van der Waals surface area contributed by atoms with Gasteiger partial charge in [-0.25, -0.2) is 9.97 Å². The lowest BCUT2D eigenvalue weighted by Gasteiger charge is -2.26. The second-order valence-corrected chi connectivity index (χ2v) is 13.6. The molecule has 6 aromatic rings. The minimum absolute atomic E-state index is 0.0329. The molecular formula is C38H36ClF3N4OP+. The van der Waals surface area contributed by atoms with Gasteiger partial charge in [0.15, 0.2) is 5.69 Å². The average Bonchev–Trinajstić information content (AvgIpc) is 3.55. The monoisotopic (exact) mass is 687 g/mol. The Kier molecular flexibility index (Phi) is 12.4. The van der Waals surface area contributed by atoms with E-state index in [1.165, 1.54) is 34.4 Å². The smallest absolute Gasteiger partial charge is 0.419 e. The summed E-state index contributed by atoms with van der Waals surface area (Å²) in [5, 5.41) is 13.5. The van der Waals surface area contributed by atoms with E-state index >= 15 is 0 Å². The summed E-state index contributed by atoms with van der Waals surface area (Å²) < 4.78 is 46.9. The molecule has 0 saturated heterocycles. The minimum Gasteiger partial charge on any atom is -0.493 e. The van der Waals surface area contributed by atoms with Crippen LogP contribution >= 0.6 is 18.9 Å². The van der Waals surface area contributed by atoms with Gasteiger partial charge in [0.05, 0.1) is 23.4 Å². The summed E-state index contributed by atoms with van der Waals surface area (Å²) in [6, 6.07) is 38.6. The molecule has 0 spiro atoms. The highest BCUT2D eigenvalue weighted by atomic mass is 35.5. The molecule has 1 N–H and O–H groups in total. The zero-order chi connectivity index (χ0) is 34.7. The first-order valence-corrected chi connectivity index (χ1v) is 18.1. The number of nitrogens with one attached hydrogen (secondary N) is 1. The lowest BCUT2D eigenvalue weighted by molar-refractivity contribution is -0.138. The van der Waals surface area contributed by atoms with Crippen LogP contribution in [0.4, 0.5) is 13.2 Å². The van der Waals surface area contributed by atoms with Crippen LogP contribution in [-0.4, -0.2) is 27.9 Å². The Bertz CT molecular complexity index is 1870. The van der Waals surface area contributed by atoms with E-state index < -0.39 is 19.0 Å². The number of pyridine rings is 1. The Morgan fingerprint density at radius 1 is 0.792 bits per heavy atom. The summed E-state index contributed by atoms with van der Waals surface area (Å²) in [5.74, 6) is 0.403. The van der Waals surface area contributed by atoms with E-state index in [1.807, 2.05) is 68.4 Å². The highest BCUT2D eigenvalue weighted by molar-refractivity contribution is 7.95. The second-order valence-electron chi connectivity index (χ2n) is 10.2. The van der Waals surface area contributed by atoms with Crippen molar-refractivity contribution in [3.05, 3.63) is 132 Å². The predicted octanol–water partition coefficient (Wildman–Crippen LogP) is 9.29. The molecule has 0 saturated carbocycles. The van der Waals surface area contributed by atoms with E-state index in [9.17, 15) is 18.4 Å². The van der Waals surface area contributed by atoms with Crippen LogP contribution in [0.15, 0.2) is 115 Å². The Morgan fingerprint density at radius 3 is 1.77 bits per heavy atom. The molecule has 0 aliphatic heterocycles. The highest BCUT2D eigenvalue weighted by Gasteiger charge is 2.46.